The Labute approximate surface area is 367 Å². The van der Waals surface area contributed by atoms with Crippen LogP contribution in [0.4, 0.5) is 33.3 Å². The number of carbonyl (C=O) groups is 2. The van der Waals surface area contributed by atoms with Gasteiger partial charge in [-0.1, -0.05) is 0 Å². The summed E-state index contributed by atoms with van der Waals surface area (Å²) in [5.74, 6) is -6.29. The van der Waals surface area contributed by atoms with E-state index in [2.05, 4.69) is 41.3 Å². The molecule has 3 aromatic rings. The standard InChI is InChI=1S/C32H32FN9O18S5/c1-42(8-9-61(45,46)10-11-62(47,48)49)32-36-30(33)35-31(37-32)34-19-6-5-17-18(29(19)65(56,57)58)13-26(64(53,54)55)27(28(17)44)41-39-21-15-25(60-3)24(59-2)14-20(21)38-40-22-12-16(63(50,51)52)4-7-23(22)43/h4-7,12-15,38-39H,8-11H2,1-3H3,(H,47,48,49)(H,50,51,52)(H,53,54,55)(H,56,57,58)(H,34,35,36,37)/b40-22+,41-27+. The first-order valence-electron chi connectivity index (χ1n) is 17.3. The predicted octanol–water partition coefficient (Wildman–Crippen LogP) is 0.329. The molecule has 350 valence electrons. The Bertz CT molecular complexity index is 3250. The summed E-state index contributed by atoms with van der Waals surface area (Å²) in [6.07, 6.45) is 1.31. The van der Waals surface area contributed by atoms with Crippen molar-refractivity contribution in [1.29, 1.82) is 0 Å². The lowest BCUT2D eigenvalue weighted by Gasteiger charge is -2.21. The van der Waals surface area contributed by atoms with Crippen LogP contribution in [0.5, 0.6) is 11.5 Å². The van der Waals surface area contributed by atoms with Crippen LogP contribution in [0.1, 0.15) is 15.9 Å². The topological polar surface area (TPSA) is 407 Å². The number of methoxy groups -OCH3 is 2. The molecule has 33 heteroatoms. The molecule has 7 N–H and O–H groups in total. The second-order valence-corrected chi connectivity index (χ2v) is 21.1. The number of rotatable bonds is 18. The van der Waals surface area contributed by atoms with Gasteiger partial charge in [-0.25, -0.2) is 8.42 Å². The normalized spacial score (nSPS) is 15.9. The van der Waals surface area contributed by atoms with Crippen LogP contribution in [0.25, 0.3) is 6.08 Å². The second-order valence-electron chi connectivity index (χ2n) is 13.1. The number of ether oxygens (including phenoxy) is 2. The molecule has 0 amide bonds. The predicted molar refractivity (Wildman–Crippen MR) is 227 cm³/mol. The van der Waals surface area contributed by atoms with Gasteiger partial charge in [0.15, 0.2) is 27.0 Å². The fourth-order valence-corrected chi connectivity index (χ4v) is 10.1. The fraction of sp³-hybridized carbons (Fsp3) is 0.219. The van der Waals surface area contributed by atoms with Crippen molar-refractivity contribution in [3.63, 3.8) is 0 Å². The van der Waals surface area contributed by atoms with Crippen molar-refractivity contribution in [3.8, 4) is 11.5 Å². The molecular formula is C32H32FN9O18S5. The smallest absolute Gasteiger partial charge is 0.315 e. The van der Waals surface area contributed by atoms with Gasteiger partial charge in [-0.2, -0.15) is 63.2 Å². The molecule has 0 radical (unpaired) electrons. The molecule has 2 aliphatic carbocycles. The van der Waals surface area contributed by atoms with Gasteiger partial charge in [0.1, 0.15) is 15.5 Å². The Balaban J connectivity index is 1.54. The van der Waals surface area contributed by atoms with E-state index in [0.29, 0.717) is 6.08 Å². The van der Waals surface area contributed by atoms with E-state index < -0.39 is 147 Å². The molecule has 65 heavy (non-hydrogen) atoms. The van der Waals surface area contributed by atoms with Gasteiger partial charge >= 0.3 is 6.08 Å². The van der Waals surface area contributed by atoms with Gasteiger partial charge in [0.2, 0.25) is 23.5 Å². The van der Waals surface area contributed by atoms with Gasteiger partial charge in [0.25, 0.3) is 40.5 Å². The lowest BCUT2D eigenvalue weighted by molar-refractivity contribution is -0.108. The van der Waals surface area contributed by atoms with Gasteiger partial charge in [-0.05, 0) is 36.4 Å². The zero-order valence-corrected chi connectivity index (χ0v) is 37.1. The zero-order valence-electron chi connectivity index (χ0n) is 33.1. The van der Waals surface area contributed by atoms with Crippen molar-refractivity contribution < 1.29 is 83.8 Å². The number of nitrogens with one attached hydrogen (secondary N) is 3. The van der Waals surface area contributed by atoms with Crippen molar-refractivity contribution >= 4 is 108 Å². The number of fused-ring (bicyclic) bond motifs is 1. The molecule has 0 unspecified atom stereocenters. The van der Waals surface area contributed by atoms with Crippen LogP contribution in [-0.4, -0.2) is 143 Å². The van der Waals surface area contributed by atoms with Crippen LogP contribution < -0.4 is 30.5 Å². The first-order valence-corrected chi connectivity index (χ1v) is 25.1. The summed E-state index contributed by atoms with van der Waals surface area (Å²) in [4.78, 5) is 34.8. The summed E-state index contributed by atoms with van der Waals surface area (Å²) in [6, 6.07) is 4.13. The first-order chi connectivity index (χ1) is 30.0. The summed E-state index contributed by atoms with van der Waals surface area (Å²) in [5, 5.41) is 9.98. The molecule has 1 aromatic heterocycles. The Morgan fingerprint density at radius 2 is 1.35 bits per heavy atom. The maximum absolute atomic E-state index is 14.7. The highest BCUT2D eigenvalue weighted by atomic mass is 32.2. The summed E-state index contributed by atoms with van der Waals surface area (Å²) < 4.78 is 185. The molecule has 0 fully saturated rings. The SMILES string of the molecule is COc1cc(N/N=C2/C(=O)c3ccc(Nc4nc(F)nc(N(C)CCS(=O)(=O)CCS(=O)(=O)O)n4)c(S(=O)(=O)O)c3C=C2S(=O)(=O)O)c(N/N=C2\C=C(S(=O)(=O)O)C=CC2=O)cc1OC. The average molecular weight is 1010 g/mol. The highest BCUT2D eigenvalue weighted by molar-refractivity contribution is 7.93. The number of allylic oxidation sites excluding steroid dienone is 4. The van der Waals surface area contributed by atoms with Gasteiger partial charge < -0.3 is 19.7 Å². The lowest BCUT2D eigenvalue weighted by Crippen LogP contribution is -2.30. The van der Waals surface area contributed by atoms with Crippen LogP contribution in [0.2, 0.25) is 0 Å². The number of hydrazone groups is 2. The van der Waals surface area contributed by atoms with E-state index in [9.17, 15) is 69.7 Å². The largest absolute Gasteiger partial charge is 0.493 e. The van der Waals surface area contributed by atoms with Crippen molar-refractivity contribution in [2.45, 2.75) is 4.90 Å². The van der Waals surface area contributed by atoms with Gasteiger partial charge in [0.05, 0.1) is 53.4 Å². The molecule has 0 aliphatic heterocycles. The molecule has 27 nitrogen and oxygen atoms in total. The minimum absolute atomic E-state index is 0.0131. The van der Waals surface area contributed by atoms with Gasteiger partial charge in [-0.3, -0.25) is 38.7 Å². The third-order valence-corrected chi connectivity index (χ3v) is 13.9. The molecular weight excluding hydrogens is 978 g/mol. The number of carbonyl (C=O) groups excluding carboxylic acids is 2. The number of sulfone groups is 1. The van der Waals surface area contributed by atoms with E-state index in [1.807, 2.05) is 0 Å². The maximum atomic E-state index is 14.7. The summed E-state index contributed by atoms with van der Waals surface area (Å²) in [6.45, 7) is -0.467. The quantitative estimate of drug-likeness (QED) is 0.0513. The van der Waals surface area contributed by atoms with Crippen LogP contribution in [0, 0.1) is 6.08 Å². The third kappa shape index (κ3) is 12.3. The third-order valence-electron chi connectivity index (χ3n) is 8.61. The Kier molecular flexibility index (Phi) is 14.2. The minimum atomic E-state index is -5.52. The van der Waals surface area contributed by atoms with Crippen LogP contribution in [-0.2, 0) is 55.1 Å². The van der Waals surface area contributed by atoms with E-state index in [-0.39, 0.29) is 22.9 Å². The van der Waals surface area contributed by atoms with E-state index >= 15 is 0 Å². The molecule has 0 saturated heterocycles. The molecule has 5 rings (SSSR count). The van der Waals surface area contributed by atoms with Crippen LogP contribution in [0.3, 0.4) is 0 Å². The van der Waals surface area contributed by atoms with Crippen molar-refractivity contribution in [1.82, 2.24) is 15.0 Å². The highest BCUT2D eigenvalue weighted by Gasteiger charge is 2.37. The monoisotopic (exact) mass is 1010 g/mol. The Hall–Kier alpha value is -6.33. The highest BCUT2D eigenvalue weighted by Crippen LogP contribution is 2.39. The number of halogens is 1. The van der Waals surface area contributed by atoms with Gasteiger partial charge in [0, 0.05) is 36.9 Å². The zero-order chi connectivity index (χ0) is 48.4. The van der Waals surface area contributed by atoms with E-state index in [1.54, 1.807) is 0 Å². The number of hydrogen-bond acceptors (Lipinski definition) is 23. The van der Waals surface area contributed by atoms with Gasteiger partial charge in [-0.15, -0.1) is 0 Å². The molecule has 1 heterocycles. The number of aromatic nitrogens is 3. The van der Waals surface area contributed by atoms with Crippen molar-refractivity contribution in [3.05, 3.63) is 69.5 Å². The maximum Gasteiger partial charge on any atom is 0.315 e. The Morgan fingerprint density at radius 3 is 1.91 bits per heavy atom. The number of Topliss-reactive ketones (excluding diaryl/α,β-unsaturated/α-hetero) is 1. The summed E-state index contributed by atoms with van der Waals surface area (Å²) in [5.41, 5.74) is 0.619. The molecule has 0 spiro atoms. The number of benzene rings is 2. The number of nitrogens with zero attached hydrogens (tertiary/aromatic N) is 6. The van der Waals surface area contributed by atoms with Crippen molar-refractivity contribution in [2.24, 2.45) is 10.2 Å². The Morgan fingerprint density at radius 1 is 0.738 bits per heavy atom. The number of ketones is 2. The van der Waals surface area contributed by atoms with E-state index in [1.165, 1.54) is 33.4 Å². The van der Waals surface area contributed by atoms with Crippen molar-refractivity contribution in [2.75, 3.05) is 66.1 Å². The van der Waals surface area contributed by atoms with E-state index in [4.69, 9.17) is 14.0 Å². The molecule has 0 saturated carbocycles. The van der Waals surface area contributed by atoms with Crippen LogP contribution in [0.15, 0.2) is 67.4 Å². The fourth-order valence-electron chi connectivity index (χ4n) is 5.50. The van der Waals surface area contributed by atoms with E-state index in [0.717, 1.165) is 35.3 Å². The summed E-state index contributed by atoms with van der Waals surface area (Å²) in [7, 11) is -20.9. The van der Waals surface area contributed by atoms with Crippen LogP contribution >= 0.6 is 0 Å². The second kappa shape index (κ2) is 18.6. The number of anilines is 5. The molecule has 0 bridgehead atoms. The summed E-state index contributed by atoms with van der Waals surface area (Å²) >= 11 is 0. The average Bonchev–Trinajstić information content (AvgIpc) is 3.19. The number of hydrogen-bond donors (Lipinski definition) is 7. The first kappa shape index (κ1) is 49.7. The molecule has 2 aromatic carbocycles. The molecule has 2 aliphatic rings. The molecule has 0 atom stereocenters. The minimum Gasteiger partial charge on any atom is -0.493 e. The lowest BCUT2D eigenvalue weighted by atomic mass is 9.94.